The van der Waals surface area contributed by atoms with E-state index in [1.165, 1.54) is 5.56 Å². The first-order valence-electron chi connectivity index (χ1n) is 9.46. The fourth-order valence-electron chi connectivity index (χ4n) is 3.25. The van der Waals surface area contributed by atoms with Crippen LogP contribution in [0.2, 0.25) is 5.02 Å². The molecule has 0 bridgehead atoms. The second-order valence-electron chi connectivity index (χ2n) is 7.12. The summed E-state index contributed by atoms with van der Waals surface area (Å²) in [5, 5.41) is 2.67. The van der Waals surface area contributed by atoms with Gasteiger partial charge in [-0.2, -0.15) is 5.06 Å². The molecule has 0 spiro atoms. The molecule has 0 aromatic heterocycles. The van der Waals surface area contributed by atoms with Gasteiger partial charge in [0.05, 0.1) is 12.6 Å². The van der Waals surface area contributed by atoms with Crippen molar-refractivity contribution < 1.29 is 9.57 Å². The predicted molar refractivity (Wildman–Crippen MR) is 115 cm³/mol. The van der Waals surface area contributed by atoms with E-state index in [0.29, 0.717) is 12.5 Å². The quantitative estimate of drug-likeness (QED) is 0.387. The largest absolute Gasteiger partial charge is 0.457 e. The van der Waals surface area contributed by atoms with Crippen LogP contribution in [0.4, 0.5) is 0 Å². The molecule has 3 nitrogen and oxygen atoms in total. The minimum absolute atomic E-state index is 0.140. The third-order valence-corrected chi connectivity index (χ3v) is 4.80. The summed E-state index contributed by atoms with van der Waals surface area (Å²) in [4.78, 5) is 6.09. The number of rotatable bonds is 8. The Kier molecular flexibility index (Phi) is 7.10. The van der Waals surface area contributed by atoms with Crippen LogP contribution in [0.25, 0.3) is 0 Å². The monoisotopic (exact) mass is 395 g/mol. The van der Waals surface area contributed by atoms with Gasteiger partial charge in [-0.25, -0.2) is 0 Å². The predicted octanol–water partition coefficient (Wildman–Crippen LogP) is 6.89. The van der Waals surface area contributed by atoms with E-state index in [1.54, 1.807) is 0 Å². The lowest BCUT2D eigenvalue weighted by Crippen LogP contribution is -2.28. The van der Waals surface area contributed by atoms with Crippen LogP contribution in [0.5, 0.6) is 11.5 Å². The van der Waals surface area contributed by atoms with Gasteiger partial charge in [0.25, 0.3) is 0 Å². The van der Waals surface area contributed by atoms with E-state index >= 15 is 0 Å². The standard InChI is InChI=1S/C24H26ClNO2/c1-18(2)24(20-12-14-21(25)15-13-20)26(3)27-17-19-8-7-11-23(16-19)28-22-9-5-4-6-10-22/h4-16,18,24H,17H2,1-3H3. The summed E-state index contributed by atoms with van der Waals surface area (Å²) in [7, 11) is 1.98. The van der Waals surface area contributed by atoms with Gasteiger partial charge in [0.2, 0.25) is 0 Å². The zero-order valence-corrected chi connectivity index (χ0v) is 17.3. The highest BCUT2D eigenvalue weighted by Gasteiger charge is 2.21. The Hall–Kier alpha value is -2.33. The first kappa shape index (κ1) is 20.4. The Labute approximate surface area is 172 Å². The molecule has 0 heterocycles. The normalized spacial score (nSPS) is 12.4. The van der Waals surface area contributed by atoms with Gasteiger partial charge in [-0.1, -0.05) is 67.9 Å². The Morgan fingerprint density at radius 2 is 1.54 bits per heavy atom. The first-order valence-corrected chi connectivity index (χ1v) is 9.84. The minimum atomic E-state index is 0.140. The number of hydrogen-bond donors (Lipinski definition) is 0. The van der Waals surface area contributed by atoms with E-state index in [-0.39, 0.29) is 6.04 Å². The van der Waals surface area contributed by atoms with Gasteiger partial charge in [-0.15, -0.1) is 0 Å². The molecule has 1 unspecified atom stereocenters. The van der Waals surface area contributed by atoms with Crippen LogP contribution in [-0.2, 0) is 11.4 Å². The summed E-state index contributed by atoms with van der Waals surface area (Å²) in [6.45, 7) is 4.85. The number of hydrogen-bond acceptors (Lipinski definition) is 3. The molecule has 0 aliphatic carbocycles. The number of nitrogens with zero attached hydrogens (tertiary/aromatic N) is 1. The summed E-state index contributed by atoms with van der Waals surface area (Å²) < 4.78 is 5.91. The van der Waals surface area contributed by atoms with Crippen molar-refractivity contribution in [1.82, 2.24) is 5.06 Å². The third-order valence-electron chi connectivity index (χ3n) is 4.55. The maximum atomic E-state index is 6.09. The smallest absolute Gasteiger partial charge is 0.127 e. The molecule has 146 valence electrons. The van der Waals surface area contributed by atoms with Crippen molar-refractivity contribution in [3.05, 3.63) is 95.0 Å². The van der Waals surface area contributed by atoms with Gasteiger partial charge >= 0.3 is 0 Å². The minimum Gasteiger partial charge on any atom is -0.457 e. The maximum Gasteiger partial charge on any atom is 0.127 e. The van der Waals surface area contributed by atoms with Crippen molar-refractivity contribution in [2.75, 3.05) is 7.05 Å². The van der Waals surface area contributed by atoms with Crippen LogP contribution >= 0.6 is 11.6 Å². The van der Waals surface area contributed by atoms with Gasteiger partial charge in [-0.3, -0.25) is 4.84 Å². The summed E-state index contributed by atoms with van der Waals surface area (Å²) in [6.07, 6.45) is 0. The Balaban J connectivity index is 1.65. The van der Waals surface area contributed by atoms with E-state index < -0.39 is 0 Å². The molecule has 0 amide bonds. The van der Waals surface area contributed by atoms with Gasteiger partial charge in [0, 0.05) is 12.1 Å². The zero-order chi connectivity index (χ0) is 19.9. The fraction of sp³-hybridized carbons (Fsp3) is 0.250. The molecular weight excluding hydrogens is 370 g/mol. The third kappa shape index (κ3) is 5.59. The first-order chi connectivity index (χ1) is 13.5. The molecule has 0 fully saturated rings. The summed E-state index contributed by atoms with van der Waals surface area (Å²) >= 11 is 6.03. The van der Waals surface area contributed by atoms with E-state index in [9.17, 15) is 0 Å². The van der Waals surface area contributed by atoms with Crippen LogP contribution in [0.15, 0.2) is 78.9 Å². The second-order valence-corrected chi connectivity index (χ2v) is 7.56. The molecular formula is C24H26ClNO2. The molecule has 28 heavy (non-hydrogen) atoms. The molecule has 0 N–H and O–H groups in total. The van der Waals surface area contributed by atoms with Crippen molar-refractivity contribution in [3.63, 3.8) is 0 Å². The zero-order valence-electron chi connectivity index (χ0n) is 16.5. The average molecular weight is 396 g/mol. The van der Waals surface area contributed by atoms with Crippen molar-refractivity contribution in [3.8, 4) is 11.5 Å². The van der Waals surface area contributed by atoms with Crippen molar-refractivity contribution >= 4 is 11.6 Å². The van der Waals surface area contributed by atoms with Gasteiger partial charge in [0.1, 0.15) is 11.5 Å². The van der Waals surface area contributed by atoms with E-state index in [0.717, 1.165) is 22.1 Å². The second kappa shape index (κ2) is 9.74. The Morgan fingerprint density at radius 1 is 0.857 bits per heavy atom. The van der Waals surface area contributed by atoms with Crippen LogP contribution in [-0.4, -0.2) is 12.1 Å². The lowest BCUT2D eigenvalue weighted by atomic mass is 9.96. The van der Waals surface area contributed by atoms with Gasteiger partial charge < -0.3 is 4.74 Å². The highest BCUT2D eigenvalue weighted by molar-refractivity contribution is 6.30. The lowest BCUT2D eigenvalue weighted by molar-refractivity contribution is -0.188. The van der Waals surface area contributed by atoms with E-state index in [4.69, 9.17) is 21.2 Å². The number of para-hydroxylation sites is 1. The summed E-state index contributed by atoms with van der Waals surface area (Å²) in [5.74, 6) is 2.01. The molecule has 3 rings (SSSR count). The molecule has 4 heteroatoms. The average Bonchev–Trinajstić information content (AvgIpc) is 2.69. The summed E-state index contributed by atoms with van der Waals surface area (Å²) in [5.41, 5.74) is 2.24. The Morgan fingerprint density at radius 3 is 2.21 bits per heavy atom. The molecule has 0 saturated heterocycles. The topological polar surface area (TPSA) is 21.7 Å². The van der Waals surface area contributed by atoms with E-state index in [1.807, 2.05) is 78.8 Å². The SMILES string of the molecule is CC(C)C(c1ccc(Cl)cc1)N(C)OCc1cccc(Oc2ccccc2)c1. The van der Waals surface area contributed by atoms with Crippen molar-refractivity contribution in [2.45, 2.75) is 26.5 Å². The van der Waals surface area contributed by atoms with Crippen LogP contribution in [0.1, 0.15) is 31.0 Å². The molecule has 0 aliphatic heterocycles. The van der Waals surface area contributed by atoms with Crippen LogP contribution < -0.4 is 4.74 Å². The van der Waals surface area contributed by atoms with E-state index in [2.05, 4.69) is 26.0 Å². The summed E-state index contributed by atoms with van der Waals surface area (Å²) in [6, 6.07) is 25.8. The number of ether oxygens (including phenoxy) is 1. The number of benzene rings is 3. The highest BCUT2D eigenvalue weighted by atomic mass is 35.5. The maximum absolute atomic E-state index is 6.09. The van der Waals surface area contributed by atoms with Crippen LogP contribution in [0, 0.1) is 5.92 Å². The Bertz CT molecular complexity index is 865. The van der Waals surface area contributed by atoms with Crippen LogP contribution in [0.3, 0.4) is 0 Å². The number of halogens is 1. The molecule has 3 aromatic rings. The van der Waals surface area contributed by atoms with Crippen molar-refractivity contribution in [2.24, 2.45) is 5.92 Å². The molecule has 3 aromatic carbocycles. The molecule has 0 radical (unpaired) electrons. The molecule has 0 saturated carbocycles. The molecule has 0 aliphatic rings. The van der Waals surface area contributed by atoms with Gasteiger partial charge in [-0.05, 0) is 53.4 Å². The van der Waals surface area contributed by atoms with Crippen molar-refractivity contribution in [1.29, 1.82) is 0 Å². The number of hydroxylamine groups is 2. The fourth-order valence-corrected chi connectivity index (χ4v) is 3.38. The highest BCUT2D eigenvalue weighted by Crippen LogP contribution is 2.29. The molecule has 1 atom stereocenters. The van der Waals surface area contributed by atoms with Gasteiger partial charge in [0.15, 0.2) is 0 Å². The lowest BCUT2D eigenvalue weighted by Gasteiger charge is -2.31.